The number of nitrogens with zero attached hydrogens (tertiary/aromatic N) is 3. The Kier molecular flexibility index (Phi) is 2.70. The third-order valence-corrected chi connectivity index (χ3v) is 2.61. The minimum absolute atomic E-state index is 0.409. The molecule has 0 aliphatic carbocycles. The van der Waals surface area contributed by atoms with Crippen LogP contribution in [0.5, 0.6) is 5.75 Å². The van der Waals surface area contributed by atoms with Crippen LogP contribution in [-0.4, -0.2) is 22.1 Å². The van der Waals surface area contributed by atoms with Crippen LogP contribution in [-0.2, 0) is 0 Å². The van der Waals surface area contributed by atoms with Crippen molar-refractivity contribution >= 4 is 17.4 Å². The lowest BCUT2D eigenvalue weighted by atomic mass is 10.3. The summed E-state index contributed by atoms with van der Waals surface area (Å²) in [6, 6.07) is 5.36. The normalized spacial score (nSPS) is 10.4. The van der Waals surface area contributed by atoms with Gasteiger partial charge in [-0.3, -0.25) is 0 Å². The van der Waals surface area contributed by atoms with Gasteiger partial charge in [0.2, 0.25) is 0 Å². The molecule has 2 aromatic rings. The number of aromatic nitrogens is 3. The fraction of sp³-hybridized carbons (Fsp3) is 0.200. The van der Waals surface area contributed by atoms with E-state index in [2.05, 4.69) is 10.3 Å². The first-order valence-corrected chi connectivity index (χ1v) is 5.03. The van der Waals surface area contributed by atoms with Gasteiger partial charge in [-0.25, -0.2) is 4.68 Å². The van der Waals surface area contributed by atoms with Gasteiger partial charge in [0.1, 0.15) is 5.75 Å². The van der Waals surface area contributed by atoms with Crippen molar-refractivity contribution in [2.45, 2.75) is 6.92 Å². The number of anilines is 1. The van der Waals surface area contributed by atoms with Crippen LogP contribution in [0, 0.1) is 6.92 Å². The van der Waals surface area contributed by atoms with Gasteiger partial charge in [-0.15, -0.1) is 5.10 Å². The molecule has 2 N–H and O–H groups in total. The molecule has 0 aliphatic rings. The Bertz CT molecular complexity index is 524. The Morgan fingerprint density at radius 1 is 1.44 bits per heavy atom. The molecule has 84 valence electrons. The molecule has 1 aromatic heterocycles. The highest BCUT2D eigenvalue weighted by Crippen LogP contribution is 2.27. The lowest BCUT2D eigenvalue weighted by Crippen LogP contribution is -2.00. The quantitative estimate of drug-likeness (QED) is 0.867. The average Bonchev–Trinajstić information content (AvgIpc) is 2.60. The molecule has 0 saturated carbocycles. The molecule has 0 unspecified atom stereocenters. The molecular weight excluding hydrogens is 228 g/mol. The summed E-state index contributed by atoms with van der Waals surface area (Å²) in [6.07, 6.45) is 0. The number of nitrogen functional groups attached to an aromatic ring is 1. The molecule has 0 bridgehead atoms. The van der Waals surface area contributed by atoms with Crippen LogP contribution in [0.25, 0.3) is 5.69 Å². The molecule has 0 atom stereocenters. The van der Waals surface area contributed by atoms with Crippen molar-refractivity contribution in [1.82, 2.24) is 15.0 Å². The van der Waals surface area contributed by atoms with Gasteiger partial charge < -0.3 is 10.5 Å². The summed E-state index contributed by atoms with van der Waals surface area (Å²) in [5.74, 6) is 1.03. The van der Waals surface area contributed by atoms with Crippen molar-refractivity contribution in [2.75, 3.05) is 12.8 Å². The number of methoxy groups -OCH3 is 1. The first-order valence-electron chi connectivity index (χ1n) is 4.65. The summed E-state index contributed by atoms with van der Waals surface area (Å²) in [4.78, 5) is 0. The van der Waals surface area contributed by atoms with Gasteiger partial charge in [-0.1, -0.05) is 16.8 Å². The van der Waals surface area contributed by atoms with E-state index in [1.165, 1.54) is 0 Å². The molecule has 0 aliphatic heterocycles. The van der Waals surface area contributed by atoms with Crippen molar-refractivity contribution in [1.29, 1.82) is 0 Å². The van der Waals surface area contributed by atoms with Gasteiger partial charge in [0.05, 0.1) is 23.5 Å². The minimum Gasteiger partial charge on any atom is -0.495 e. The molecule has 5 nitrogen and oxygen atoms in total. The molecular formula is C10H11ClN4O. The van der Waals surface area contributed by atoms with Gasteiger partial charge in [0.25, 0.3) is 0 Å². The summed E-state index contributed by atoms with van der Waals surface area (Å²) in [5.41, 5.74) is 7.20. The van der Waals surface area contributed by atoms with E-state index in [4.69, 9.17) is 22.1 Å². The van der Waals surface area contributed by atoms with E-state index in [1.54, 1.807) is 23.9 Å². The molecule has 1 aromatic carbocycles. The second kappa shape index (κ2) is 4.02. The number of hydrogen-bond donors (Lipinski definition) is 1. The van der Waals surface area contributed by atoms with E-state index in [0.29, 0.717) is 16.6 Å². The zero-order chi connectivity index (χ0) is 11.7. The average molecular weight is 239 g/mol. The molecule has 0 fully saturated rings. The predicted octanol–water partition coefficient (Wildman–Crippen LogP) is 1.82. The van der Waals surface area contributed by atoms with Crippen LogP contribution in [0.3, 0.4) is 0 Å². The summed E-state index contributed by atoms with van der Waals surface area (Å²) >= 11 is 6.02. The fourth-order valence-corrected chi connectivity index (χ4v) is 1.63. The van der Waals surface area contributed by atoms with E-state index in [-0.39, 0.29) is 0 Å². The molecule has 0 amide bonds. The predicted molar refractivity (Wildman–Crippen MR) is 62.1 cm³/mol. The summed E-state index contributed by atoms with van der Waals surface area (Å²) < 4.78 is 6.69. The fourth-order valence-electron chi connectivity index (χ4n) is 1.37. The number of nitrogens with two attached hydrogens (primary N) is 1. The molecule has 0 spiro atoms. The van der Waals surface area contributed by atoms with Gasteiger partial charge in [0, 0.05) is 0 Å². The van der Waals surface area contributed by atoms with Crippen LogP contribution >= 0.6 is 11.6 Å². The maximum Gasteiger partial charge on any atom is 0.169 e. The third-order valence-electron chi connectivity index (χ3n) is 2.31. The van der Waals surface area contributed by atoms with Crippen LogP contribution in [0.15, 0.2) is 18.2 Å². The molecule has 6 heteroatoms. The SMILES string of the molecule is COc1ccc(-n2nnc(N)c2C)cc1Cl. The second-order valence-corrected chi connectivity index (χ2v) is 3.70. The highest BCUT2D eigenvalue weighted by Gasteiger charge is 2.09. The number of hydrogen-bond acceptors (Lipinski definition) is 4. The van der Waals surface area contributed by atoms with Gasteiger partial charge >= 0.3 is 0 Å². The first kappa shape index (κ1) is 10.8. The number of ether oxygens (including phenoxy) is 1. The molecule has 1 heterocycles. The summed E-state index contributed by atoms with van der Waals surface area (Å²) in [6.45, 7) is 1.84. The first-order chi connectivity index (χ1) is 7.63. The molecule has 2 rings (SSSR count). The smallest absolute Gasteiger partial charge is 0.169 e. The standard InChI is InChI=1S/C10H11ClN4O/c1-6-10(12)13-14-15(6)7-3-4-9(16-2)8(11)5-7/h3-5H,12H2,1-2H3. The third kappa shape index (κ3) is 1.69. The topological polar surface area (TPSA) is 66.0 Å². The highest BCUT2D eigenvalue weighted by molar-refractivity contribution is 6.32. The zero-order valence-corrected chi connectivity index (χ0v) is 9.69. The number of rotatable bonds is 2. The largest absolute Gasteiger partial charge is 0.495 e. The Morgan fingerprint density at radius 3 is 2.69 bits per heavy atom. The molecule has 0 radical (unpaired) electrons. The van der Waals surface area contributed by atoms with Crippen LogP contribution in [0.1, 0.15) is 5.69 Å². The Balaban J connectivity index is 2.49. The van der Waals surface area contributed by atoms with Crippen molar-refractivity contribution in [3.63, 3.8) is 0 Å². The molecule has 0 saturated heterocycles. The Morgan fingerprint density at radius 2 is 2.19 bits per heavy atom. The Hall–Kier alpha value is -1.75. The van der Waals surface area contributed by atoms with Crippen LogP contribution < -0.4 is 10.5 Å². The lowest BCUT2D eigenvalue weighted by molar-refractivity contribution is 0.415. The maximum absolute atomic E-state index is 6.02. The van der Waals surface area contributed by atoms with E-state index in [1.807, 2.05) is 13.0 Å². The number of benzene rings is 1. The maximum atomic E-state index is 6.02. The summed E-state index contributed by atoms with van der Waals surface area (Å²) in [5, 5.41) is 8.23. The van der Waals surface area contributed by atoms with Gasteiger partial charge in [0.15, 0.2) is 5.82 Å². The van der Waals surface area contributed by atoms with Crippen molar-refractivity contribution in [3.8, 4) is 11.4 Å². The Labute approximate surface area is 97.8 Å². The van der Waals surface area contributed by atoms with E-state index < -0.39 is 0 Å². The molecule has 16 heavy (non-hydrogen) atoms. The minimum atomic E-state index is 0.409. The lowest BCUT2D eigenvalue weighted by Gasteiger charge is -2.06. The van der Waals surface area contributed by atoms with E-state index in [9.17, 15) is 0 Å². The summed E-state index contributed by atoms with van der Waals surface area (Å²) in [7, 11) is 1.57. The van der Waals surface area contributed by atoms with Gasteiger partial charge in [-0.2, -0.15) is 0 Å². The second-order valence-electron chi connectivity index (χ2n) is 3.29. The monoisotopic (exact) mass is 238 g/mol. The van der Waals surface area contributed by atoms with Crippen molar-refractivity contribution < 1.29 is 4.74 Å². The van der Waals surface area contributed by atoms with E-state index >= 15 is 0 Å². The van der Waals surface area contributed by atoms with E-state index in [0.717, 1.165) is 11.4 Å². The number of halogens is 1. The van der Waals surface area contributed by atoms with Crippen LogP contribution in [0.2, 0.25) is 5.02 Å². The van der Waals surface area contributed by atoms with Crippen molar-refractivity contribution in [3.05, 3.63) is 28.9 Å². The van der Waals surface area contributed by atoms with Crippen LogP contribution in [0.4, 0.5) is 5.82 Å². The van der Waals surface area contributed by atoms with Crippen molar-refractivity contribution in [2.24, 2.45) is 0 Å². The van der Waals surface area contributed by atoms with Gasteiger partial charge in [-0.05, 0) is 25.1 Å². The zero-order valence-electron chi connectivity index (χ0n) is 8.94. The highest BCUT2D eigenvalue weighted by atomic mass is 35.5.